The summed E-state index contributed by atoms with van der Waals surface area (Å²) in [4.78, 5) is 17.2. The number of nitrogens with zero attached hydrogens (tertiary/aromatic N) is 4. The predicted molar refractivity (Wildman–Crippen MR) is 138 cm³/mol. The molecule has 8 heteroatoms. The van der Waals surface area contributed by atoms with E-state index >= 15 is 0 Å². The van der Waals surface area contributed by atoms with Gasteiger partial charge in [-0.2, -0.15) is 5.10 Å². The van der Waals surface area contributed by atoms with Gasteiger partial charge in [0, 0.05) is 48.6 Å². The average molecular weight is 505 g/mol. The number of benzene rings is 3. The summed E-state index contributed by atoms with van der Waals surface area (Å²) in [5.41, 5.74) is 4.62. The monoisotopic (exact) mass is 504 g/mol. The summed E-state index contributed by atoms with van der Waals surface area (Å²) in [6.07, 6.45) is 0.625. The van der Waals surface area contributed by atoms with Crippen LogP contribution in [0.5, 0.6) is 0 Å². The molecule has 3 aromatic carbocycles. The maximum absolute atomic E-state index is 13.7. The maximum Gasteiger partial charge on any atom is 0.244 e. The van der Waals surface area contributed by atoms with Crippen molar-refractivity contribution in [1.82, 2.24) is 14.7 Å². The van der Waals surface area contributed by atoms with E-state index in [0.29, 0.717) is 38.3 Å². The van der Waals surface area contributed by atoms with Gasteiger partial charge in [0.05, 0.1) is 11.4 Å². The van der Waals surface area contributed by atoms with Crippen LogP contribution in [-0.4, -0.2) is 46.8 Å². The Labute approximate surface area is 213 Å². The summed E-state index contributed by atoms with van der Waals surface area (Å²) < 4.78 is 42.6. The first kappa shape index (κ1) is 24.6. The Hall–Kier alpha value is -4.07. The Morgan fingerprint density at radius 2 is 1.43 bits per heavy atom. The predicted octanol–water partition coefficient (Wildman–Crippen LogP) is 5.55. The SMILES string of the molecule is CCc1c(-c2ccc(F)cc2)nn(CC(=O)N2CCN(c3cccc(F)c3)CC2)c1-c1ccc(F)cc1. The highest BCUT2D eigenvalue weighted by atomic mass is 19.1. The van der Waals surface area contributed by atoms with Crippen LogP contribution in [0.2, 0.25) is 0 Å². The normalized spacial score (nSPS) is 13.7. The molecule has 190 valence electrons. The van der Waals surface area contributed by atoms with Gasteiger partial charge in [0.25, 0.3) is 0 Å². The Bertz CT molecular complexity index is 1390. The molecular weight excluding hydrogens is 477 g/mol. The highest BCUT2D eigenvalue weighted by Gasteiger charge is 2.25. The smallest absolute Gasteiger partial charge is 0.244 e. The fourth-order valence-corrected chi connectivity index (χ4v) is 4.83. The molecule has 5 nitrogen and oxygen atoms in total. The molecule has 0 spiro atoms. The van der Waals surface area contributed by atoms with Gasteiger partial charge in [-0.05, 0) is 73.2 Å². The van der Waals surface area contributed by atoms with E-state index in [1.807, 2.05) is 13.0 Å². The third-order valence-electron chi connectivity index (χ3n) is 6.73. The number of carbonyl (C=O) groups is 1. The summed E-state index contributed by atoms with van der Waals surface area (Å²) in [7, 11) is 0. The second kappa shape index (κ2) is 10.5. The lowest BCUT2D eigenvalue weighted by molar-refractivity contribution is -0.132. The molecule has 0 saturated carbocycles. The summed E-state index contributed by atoms with van der Waals surface area (Å²) in [5.74, 6) is -1.06. The fourth-order valence-electron chi connectivity index (χ4n) is 4.83. The topological polar surface area (TPSA) is 41.4 Å². The highest BCUT2D eigenvalue weighted by molar-refractivity contribution is 5.80. The van der Waals surface area contributed by atoms with Crippen molar-refractivity contribution in [3.63, 3.8) is 0 Å². The zero-order valence-corrected chi connectivity index (χ0v) is 20.5. The minimum Gasteiger partial charge on any atom is -0.368 e. The van der Waals surface area contributed by atoms with Crippen LogP contribution < -0.4 is 4.90 Å². The number of halogens is 3. The Balaban J connectivity index is 1.42. The van der Waals surface area contributed by atoms with Crippen LogP contribution in [0.15, 0.2) is 72.8 Å². The van der Waals surface area contributed by atoms with Crippen molar-refractivity contribution in [3.05, 3.63) is 95.8 Å². The van der Waals surface area contributed by atoms with E-state index in [2.05, 4.69) is 4.90 Å². The third-order valence-corrected chi connectivity index (χ3v) is 6.73. The van der Waals surface area contributed by atoms with Crippen molar-refractivity contribution >= 4 is 11.6 Å². The minimum atomic E-state index is -0.348. The molecule has 1 aliphatic rings. The highest BCUT2D eigenvalue weighted by Crippen LogP contribution is 2.33. The van der Waals surface area contributed by atoms with Gasteiger partial charge in [-0.15, -0.1) is 0 Å². The van der Waals surface area contributed by atoms with Gasteiger partial charge in [0.2, 0.25) is 5.91 Å². The zero-order chi connectivity index (χ0) is 25.9. The van der Waals surface area contributed by atoms with Crippen LogP contribution >= 0.6 is 0 Å². The first-order chi connectivity index (χ1) is 17.9. The van der Waals surface area contributed by atoms with E-state index in [-0.39, 0.29) is 29.9 Å². The van der Waals surface area contributed by atoms with Crippen LogP contribution in [0.4, 0.5) is 18.9 Å². The Kier molecular flexibility index (Phi) is 6.99. The molecule has 1 fully saturated rings. The molecule has 1 aliphatic heterocycles. The van der Waals surface area contributed by atoms with Crippen molar-refractivity contribution in [3.8, 4) is 22.5 Å². The number of aromatic nitrogens is 2. The summed E-state index contributed by atoms with van der Waals surface area (Å²) in [5, 5.41) is 4.79. The van der Waals surface area contributed by atoms with E-state index in [4.69, 9.17) is 5.10 Å². The van der Waals surface area contributed by atoms with Crippen molar-refractivity contribution in [1.29, 1.82) is 0 Å². The van der Waals surface area contributed by atoms with Crippen molar-refractivity contribution < 1.29 is 18.0 Å². The van der Waals surface area contributed by atoms with E-state index < -0.39 is 0 Å². The average Bonchev–Trinajstić information content (AvgIpc) is 3.27. The van der Waals surface area contributed by atoms with Crippen LogP contribution in [0, 0.1) is 17.5 Å². The molecule has 5 rings (SSSR count). The second-order valence-corrected chi connectivity index (χ2v) is 9.05. The second-order valence-electron chi connectivity index (χ2n) is 9.05. The standard InChI is InChI=1S/C29H27F3N4O/c1-2-26-28(20-6-10-22(30)11-7-20)33-36(29(26)21-8-12-23(31)13-9-21)19-27(37)35-16-14-34(15-17-35)25-5-3-4-24(32)18-25/h3-13,18H,2,14-17,19H2,1H3. The molecule has 1 aromatic heterocycles. The first-order valence-corrected chi connectivity index (χ1v) is 12.3. The minimum absolute atomic E-state index is 0.0148. The van der Waals surface area contributed by atoms with Gasteiger partial charge in [0.15, 0.2) is 0 Å². The molecule has 1 saturated heterocycles. The van der Waals surface area contributed by atoms with Gasteiger partial charge in [0.1, 0.15) is 24.0 Å². The molecule has 0 unspecified atom stereocenters. The lowest BCUT2D eigenvalue weighted by Crippen LogP contribution is -2.49. The molecule has 0 aliphatic carbocycles. The van der Waals surface area contributed by atoms with Crippen LogP contribution in [-0.2, 0) is 17.8 Å². The van der Waals surface area contributed by atoms with E-state index in [0.717, 1.165) is 28.1 Å². The van der Waals surface area contributed by atoms with Gasteiger partial charge >= 0.3 is 0 Å². The summed E-state index contributed by atoms with van der Waals surface area (Å²) in [6, 6.07) is 18.7. The van der Waals surface area contributed by atoms with Crippen LogP contribution in [0.25, 0.3) is 22.5 Å². The van der Waals surface area contributed by atoms with Gasteiger partial charge in [-0.3, -0.25) is 9.48 Å². The quantitative estimate of drug-likeness (QED) is 0.346. The molecule has 0 bridgehead atoms. The lowest BCUT2D eigenvalue weighted by atomic mass is 10.00. The summed E-state index contributed by atoms with van der Waals surface area (Å²) in [6.45, 7) is 4.22. The van der Waals surface area contributed by atoms with Gasteiger partial charge in [-0.1, -0.05) is 13.0 Å². The van der Waals surface area contributed by atoms with E-state index in [1.165, 1.54) is 36.4 Å². The molecule has 0 atom stereocenters. The molecule has 37 heavy (non-hydrogen) atoms. The number of hydrogen-bond donors (Lipinski definition) is 0. The number of anilines is 1. The molecule has 4 aromatic rings. The number of carbonyl (C=O) groups excluding carboxylic acids is 1. The summed E-state index contributed by atoms with van der Waals surface area (Å²) >= 11 is 0. The van der Waals surface area contributed by atoms with Gasteiger partial charge < -0.3 is 9.80 Å². The fraction of sp³-hybridized carbons (Fsp3) is 0.241. The lowest BCUT2D eigenvalue weighted by Gasteiger charge is -2.36. The zero-order valence-electron chi connectivity index (χ0n) is 20.5. The van der Waals surface area contributed by atoms with Gasteiger partial charge in [-0.25, -0.2) is 13.2 Å². The van der Waals surface area contributed by atoms with Crippen molar-refractivity contribution in [2.45, 2.75) is 19.9 Å². The van der Waals surface area contributed by atoms with Crippen molar-refractivity contribution in [2.24, 2.45) is 0 Å². The largest absolute Gasteiger partial charge is 0.368 e. The number of amides is 1. The molecular formula is C29H27F3N4O. The molecule has 0 radical (unpaired) electrons. The molecule has 0 N–H and O–H groups in total. The van der Waals surface area contributed by atoms with E-state index in [1.54, 1.807) is 39.9 Å². The number of hydrogen-bond acceptors (Lipinski definition) is 3. The Morgan fingerprint density at radius 1 is 0.811 bits per heavy atom. The third kappa shape index (κ3) is 5.23. The number of piperazine rings is 1. The molecule has 1 amide bonds. The van der Waals surface area contributed by atoms with Crippen LogP contribution in [0.3, 0.4) is 0 Å². The van der Waals surface area contributed by atoms with Crippen molar-refractivity contribution in [2.75, 3.05) is 31.1 Å². The van der Waals surface area contributed by atoms with E-state index in [9.17, 15) is 18.0 Å². The first-order valence-electron chi connectivity index (χ1n) is 12.3. The maximum atomic E-state index is 13.7. The van der Waals surface area contributed by atoms with Crippen LogP contribution in [0.1, 0.15) is 12.5 Å². The Morgan fingerprint density at radius 3 is 2.03 bits per heavy atom. The molecule has 2 heterocycles. The number of rotatable bonds is 6.